The van der Waals surface area contributed by atoms with E-state index in [2.05, 4.69) is 6.58 Å². The van der Waals surface area contributed by atoms with Gasteiger partial charge in [-0.05, 0) is 63.1 Å². The fraction of sp³-hybridized carbons (Fsp3) is 0.429. The van der Waals surface area contributed by atoms with E-state index in [1.165, 1.54) is 0 Å². The molecule has 9 nitrogen and oxygen atoms in total. The lowest BCUT2D eigenvalue weighted by Crippen LogP contribution is -2.68. The second-order valence-electron chi connectivity index (χ2n) is 9.88. The van der Waals surface area contributed by atoms with Crippen LogP contribution in [0.25, 0.3) is 6.08 Å². The molecule has 0 heterocycles. The highest BCUT2D eigenvalue weighted by atomic mass is 16.6. The van der Waals surface area contributed by atoms with Gasteiger partial charge in [-0.15, -0.1) is 0 Å². The van der Waals surface area contributed by atoms with Crippen molar-refractivity contribution in [1.29, 1.82) is 0 Å². The Morgan fingerprint density at radius 2 is 1.68 bits per heavy atom. The van der Waals surface area contributed by atoms with Gasteiger partial charge in [0.1, 0.15) is 11.6 Å². The van der Waals surface area contributed by atoms with Gasteiger partial charge >= 0.3 is 12.1 Å². The first-order chi connectivity index (χ1) is 17.4. The predicted molar refractivity (Wildman–Crippen MR) is 142 cm³/mol. The van der Waals surface area contributed by atoms with E-state index < -0.39 is 35.5 Å². The summed E-state index contributed by atoms with van der Waals surface area (Å²) in [6.07, 6.45) is 2.82. The molecule has 202 valence electrons. The molecule has 2 aromatic carbocycles. The number of carbonyl (C=O) groups excluding carboxylic acids is 2. The molecule has 0 saturated carbocycles. The number of benzene rings is 2. The van der Waals surface area contributed by atoms with Crippen molar-refractivity contribution >= 4 is 18.1 Å². The number of hydrazine groups is 1. The molecular formula is C28H39N3O6. The van der Waals surface area contributed by atoms with E-state index in [0.717, 1.165) is 24.0 Å². The van der Waals surface area contributed by atoms with E-state index in [1.807, 2.05) is 24.3 Å². The normalized spacial score (nSPS) is 13.4. The van der Waals surface area contributed by atoms with Crippen LogP contribution in [-0.2, 0) is 27.1 Å². The van der Waals surface area contributed by atoms with Gasteiger partial charge in [0.25, 0.3) is 0 Å². The van der Waals surface area contributed by atoms with E-state index in [-0.39, 0.29) is 13.0 Å². The van der Waals surface area contributed by atoms with E-state index in [4.69, 9.17) is 21.1 Å². The standard InChI is InChI=1S/C28H39N3O6/c1-5-21-15-9-10-16-22(21)17-11-12-18-36-26(33)31(30)23(19-20-13-7-6-8-14-20)28(34,35)24(29)25(32)37-27(2,3)4/h5-10,13-16,23-24,34-35H,1,11-12,17-19,29-30H2,2-4H3. The zero-order chi connectivity index (χ0) is 27.6. The summed E-state index contributed by atoms with van der Waals surface area (Å²) in [7, 11) is 0. The van der Waals surface area contributed by atoms with Crippen molar-refractivity contribution in [2.45, 2.75) is 69.9 Å². The third-order valence-corrected chi connectivity index (χ3v) is 5.77. The fourth-order valence-corrected chi connectivity index (χ4v) is 3.78. The van der Waals surface area contributed by atoms with Crippen LogP contribution in [0.4, 0.5) is 4.79 Å². The van der Waals surface area contributed by atoms with Crippen LogP contribution < -0.4 is 11.6 Å². The van der Waals surface area contributed by atoms with E-state index in [1.54, 1.807) is 57.2 Å². The van der Waals surface area contributed by atoms with Crippen molar-refractivity contribution in [2.75, 3.05) is 6.61 Å². The summed E-state index contributed by atoms with van der Waals surface area (Å²) >= 11 is 0. The molecule has 37 heavy (non-hydrogen) atoms. The maximum absolute atomic E-state index is 12.8. The lowest BCUT2D eigenvalue weighted by Gasteiger charge is -2.39. The maximum Gasteiger partial charge on any atom is 0.424 e. The maximum atomic E-state index is 12.8. The van der Waals surface area contributed by atoms with Crippen LogP contribution in [0, 0.1) is 0 Å². The molecule has 0 aromatic heterocycles. The summed E-state index contributed by atoms with van der Waals surface area (Å²) in [6.45, 7) is 8.76. The molecule has 0 aliphatic heterocycles. The van der Waals surface area contributed by atoms with Crippen LogP contribution in [-0.4, -0.2) is 57.4 Å². The highest BCUT2D eigenvalue weighted by Crippen LogP contribution is 2.23. The number of unbranched alkanes of at least 4 members (excludes halogenated alkanes) is 1. The number of esters is 1. The number of ether oxygens (including phenoxy) is 2. The first-order valence-corrected chi connectivity index (χ1v) is 12.2. The number of rotatable bonds is 12. The molecule has 9 heteroatoms. The molecule has 0 saturated heterocycles. The number of aryl methyl sites for hydroxylation is 1. The van der Waals surface area contributed by atoms with Crippen molar-refractivity contribution in [2.24, 2.45) is 11.6 Å². The van der Waals surface area contributed by atoms with Crippen LogP contribution in [0.5, 0.6) is 0 Å². The Hall–Kier alpha value is -3.24. The van der Waals surface area contributed by atoms with Crippen molar-refractivity contribution < 1.29 is 29.3 Å². The summed E-state index contributed by atoms with van der Waals surface area (Å²) in [5.41, 5.74) is 7.83. The number of nitrogens with two attached hydrogens (primary N) is 2. The molecule has 2 aromatic rings. The molecule has 0 radical (unpaired) electrons. The van der Waals surface area contributed by atoms with Crippen molar-refractivity contribution in [1.82, 2.24) is 5.01 Å². The van der Waals surface area contributed by atoms with Crippen molar-refractivity contribution in [3.63, 3.8) is 0 Å². The Balaban J connectivity index is 2.07. The van der Waals surface area contributed by atoms with Gasteiger partial charge in [-0.25, -0.2) is 15.6 Å². The van der Waals surface area contributed by atoms with E-state index >= 15 is 0 Å². The third-order valence-electron chi connectivity index (χ3n) is 5.77. The largest absolute Gasteiger partial charge is 0.459 e. The van der Waals surface area contributed by atoms with Crippen LogP contribution >= 0.6 is 0 Å². The van der Waals surface area contributed by atoms with Crippen LogP contribution in [0.3, 0.4) is 0 Å². The number of carbonyl (C=O) groups is 2. The Labute approximate surface area is 218 Å². The summed E-state index contributed by atoms with van der Waals surface area (Å²) in [5, 5.41) is 22.5. The number of nitrogens with zero attached hydrogens (tertiary/aromatic N) is 1. The van der Waals surface area contributed by atoms with E-state index in [9.17, 15) is 19.8 Å². The van der Waals surface area contributed by atoms with Crippen molar-refractivity contribution in [3.05, 3.63) is 77.9 Å². The van der Waals surface area contributed by atoms with Gasteiger partial charge in [0, 0.05) is 0 Å². The Kier molecular flexibility index (Phi) is 10.8. The molecule has 0 aliphatic carbocycles. The fourth-order valence-electron chi connectivity index (χ4n) is 3.78. The molecule has 1 amide bonds. The molecule has 0 aliphatic rings. The van der Waals surface area contributed by atoms with Crippen LogP contribution in [0.1, 0.15) is 50.3 Å². The van der Waals surface area contributed by atoms with Gasteiger partial charge < -0.3 is 25.4 Å². The second-order valence-corrected chi connectivity index (χ2v) is 9.88. The SMILES string of the molecule is C=Cc1ccccc1CCCCOC(=O)N(N)C(Cc1ccccc1)C(O)(O)C(N)C(=O)OC(C)(C)C. The molecule has 2 rings (SSSR count). The molecular weight excluding hydrogens is 474 g/mol. The first kappa shape index (κ1) is 30.0. The summed E-state index contributed by atoms with van der Waals surface area (Å²) < 4.78 is 10.5. The summed E-state index contributed by atoms with van der Waals surface area (Å²) in [6, 6.07) is 13.2. The topological polar surface area (TPSA) is 148 Å². The van der Waals surface area contributed by atoms with Crippen molar-refractivity contribution in [3.8, 4) is 0 Å². The van der Waals surface area contributed by atoms with Gasteiger partial charge in [0.05, 0.1) is 6.61 Å². The van der Waals surface area contributed by atoms with Crippen LogP contribution in [0.15, 0.2) is 61.2 Å². The quantitative estimate of drug-likeness (QED) is 0.0845. The Bertz CT molecular complexity index is 1040. The van der Waals surface area contributed by atoms with E-state index in [0.29, 0.717) is 17.0 Å². The van der Waals surface area contributed by atoms with Gasteiger partial charge in [-0.1, -0.05) is 67.3 Å². The Morgan fingerprint density at radius 3 is 2.30 bits per heavy atom. The summed E-state index contributed by atoms with van der Waals surface area (Å²) in [4.78, 5) is 25.3. The average Bonchev–Trinajstić information content (AvgIpc) is 2.85. The molecule has 6 N–H and O–H groups in total. The summed E-state index contributed by atoms with van der Waals surface area (Å²) in [5.74, 6) is 2.06. The molecule has 2 unspecified atom stereocenters. The highest BCUT2D eigenvalue weighted by Gasteiger charge is 2.49. The predicted octanol–water partition coefficient (Wildman–Crippen LogP) is 2.93. The zero-order valence-electron chi connectivity index (χ0n) is 21.8. The average molecular weight is 514 g/mol. The number of amides is 1. The van der Waals surface area contributed by atoms with Crippen LogP contribution in [0.2, 0.25) is 0 Å². The lowest BCUT2D eigenvalue weighted by atomic mass is 9.92. The second kappa shape index (κ2) is 13.3. The minimum atomic E-state index is -2.92. The van der Waals surface area contributed by atoms with Gasteiger partial charge in [0.15, 0.2) is 6.04 Å². The van der Waals surface area contributed by atoms with Gasteiger partial charge in [0.2, 0.25) is 5.79 Å². The van der Waals surface area contributed by atoms with Gasteiger partial charge in [-0.2, -0.15) is 0 Å². The number of hydrogen-bond donors (Lipinski definition) is 4. The molecule has 2 atom stereocenters. The van der Waals surface area contributed by atoms with Gasteiger partial charge in [-0.3, -0.25) is 4.79 Å². The minimum Gasteiger partial charge on any atom is -0.459 e. The zero-order valence-corrected chi connectivity index (χ0v) is 21.8. The monoisotopic (exact) mass is 513 g/mol. The lowest BCUT2D eigenvalue weighted by molar-refractivity contribution is -0.226. The third kappa shape index (κ3) is 8.98. The number of aliphatic hydroxyl groups is 2. The molecule has 0 bridgehead atoms. The molecule has 0 spiro atoms. The smallest absolute Gasteiger partial charge is 0.424 e. The Morgan fingerprint density at radius 1 is 1.05 bits per heavy atom. The molecule has 0 fully saturated rings. The first-order valence-electron chi connectivity index (χ1n) is 12.2. The minimum absolute atomic E-state index is 0.0722. The highest BCUT2D eigenvalue weighted by molar-refractivity contribution is 5.77. The number of hydrogen-bond acceptors (Lipinski definition) is 8.